The minimum absolute atomic E-state index is 0.0701. The summed E-state index contributed by atoms with van der Waals surface area (Å²) in [5, 5.41) is 12.5. The van der Waals surface area contributed by atoms with Gasteiger partial charge in [0.15, 0.2) is 24.0 Å². The van der Waals surface area contributed by atoms with Crippen LogP contribution in [-0.2, 0) is 6.61 Å². The van der Waals surface area contributed by atoms with Gasteiger partial charge in [0.05, 0.1) is 5.56 Å². The first-order valence-corrected chi connectivity index (χ1v) is 5.95. The zero-order chi connectivity index (χ0) is 14.7. The zero-order valence-corrected chi connectivity index (χ0v) is 11.0. The molecule has 1 N–H and O–H groups in total. The molecule has 0 aliphatic rings. The summed E-state index contributed by atoms with van der Waals surface area (Å²) in [6.45, 7) is 3.75. The molecule has 0 saturated heterocycles. The lowest BCUT2D eigenvalue weighted by atomic mass is 10.2. The van der Waals surface area contributed by atoms with Crippen LogP contribution in [0.4, 0.5) is 4.39 Å². The van der Waals surface area contributed by atoms with Crippen molar-refractivity contribution in [1.29, 1.82) is 0 Å². The zero-order valence-electron chi connectivity index (χ0n) is 11.0. The Hall–Kier alpha value is -2.44. The van der Waals surface area contributed by atoms with Gasteiger partial charge in [-0.25, -0.2) is 9.18 Å². The Morgan fingerprint density at radius 2 is 2.25 bits per heavy atom. The molecule has 1 heterocycles. The maximum Gasteiger partial charge on any atom is 0.335 e. The number of rotatable bonds is 5. The normalized spacial score (nSPS) is 10.8. The summed E-state index contributed by atoms with van der Waals surface area (Å²) in [7, 11) is 0. The van der Waals surface area contributed by atoms with Crippen LogP contribution in [0.3, 0.4) is 0 Å². The molecule has 0 bridgehead atoms. The van der Waals surface area contributed by atoms with Gasteiger partial charge in [0.2, 0.25) is 0 Å². The van der Waals surface area contributed by atoms with Crippen LogP contribution >= 0.6 is 0 Å². The second kappa shape index (κ2) is 5.68. The van der Waals surface area contributed by atoms with Gasteiger partial charge in [-0.15, -0.1) is 0 Å². The third kappa shape index (κ3) is 3.11. The van der Waals surface area contributed by atoms with Crippen molar-refractivity contribution in [2.75, 3.05) is 0 Å². The average molecular weight is 280 g/mol. The minimum Gasteiger partial charge on any atom is -0.481 e. The molecule has 106 valence electrons. The van der Waals surface area contributed by atoms with Crippen molar-refractivity contribution in [3.8, 4) is 5.75 Å². The molecule has 1 aromatic carbocycles. The second-order valence-corrected chi connectivity index (χ2v) is 4.44. The number of hydrogen-bond donors (Lipinski definition) is 1. The van der Waals surface area contributed by atoms with Gasteiger partial charge < -0.3 is 14.4 Å². The molecule has 20 heavy (non-hydrogen) atoms. The summed E-state index contributed by atoms with van der Waals surface area (Å²) >= 11 is 0. The Bertz CT molecular complexity index is 625. The van der Waals surface area contributed by atoms with Gasteiger partial charge >= 0.3 is 5.97 Å². The van der Waals surface area contributed by atoms with E-state index in [1.807, 2.05) is 13.8 Å². The van der Waals surface area contributed by atoms with Crippen molar-refractivity contribution in [1.82, 2.24) is 10.1 Å². The van der Waals surface area contributed by atoms with Gasteiger partial charge in [0.1, 0.15) is 0 Å². The average Bonchev–Trinajstić information content (AvgIpc) is 2.86. The number of nitrogens with zero attached hydrogens (tertiary/aromatic N) is 2. The Morgan fingerprint density at radius 3 is 2.80 bits per heavy atom. The Kier molecular flexibility index (Phi) is 3.97. The molecular formula is C13H13FN2O4. The fourth-order valence-corrected chi connectivity index (χ4v) is 1.45. The smallest absolute Gasteiger partial charge is 0.335 e. The van der Waals surface area contributed by atoms with Crippen molar-refractivity contribution in [3.05, 3.63) is 41.3 Å². The number of carbonyl (C=O) groups is 1. The molecule has 2 rings (SSSR count). The molecule has 2 aromatic rings. The highest BCUT2D eigenvalue weighted by molar-refractivity contribution is 5.87. The number of hydrogen-bond acceptors (Lipinski definition) is 5. The minimum atomic E-state index is -1.20. The van der Waals surface area contributed by atoms with Crippen LogP contribution in [0.15, 0.2) is 22.7 Å². The molecule has 6 nitrogen and oxygen atoms in total. The summed E-state index contributed by atoms with van der Waals surface area (Å²) in [6.07, 6.45) is 0. The number of halogens is 1. The predicted octanol–water partition coefficient (Wildman–Crippen LogP) is 2.61. The number of aromatic carboxylic acids is 1. The van der Waals surface area contributed by atoms with Gasteiger partial charge in [-0.2, -0.15) is 4.98 Å². The van der Waals surface area contributed by atoms with E-state index in [4.69, 9.17) is 14.4 Å². The highest BCUT2D eigenvalue weighted by Crippen LogP contribution is 2.20. The van der Waals surface area contributed by atoms with E-state index in [1.54, 1.807) is 0 Å². The van der Waals surface area contributed by atoms with Gasteiger partial charge in [0, 0.05) is 5.92 Å². The third-order valence-electron chi connectivity index (χ3n) is 2.53. The third-order valence-corrected chi connectivity index (χ3v) is 2.53. The first kappa shape index (κ1) is 14.0. The second-order valence-electron chi connectivity index (χ2n) is 4.44. The molecule has 0 fully saturated rings. The maximum atomic E-state index is 13.6. The molecule has 0 unspecified atom stereocenters. The largest absolute Gasteiger partial charge is 0.481 e. The first-order chi connectivity index (χ1) is 9.47. The van der Waals surface area contributed by atoms with E-state index in [0.29, 0.717) is 5.82 Å². The van der Waals surface area contributed by atoms with Gasteiger partial charge in [0.25, 0.3) is 5.89 Å². The Labute approximate surface area is 114 Å². The molecule has 0 amide bonds. The van der Waals surface area contributed by atoms with Gasteiger partial charge in [-0.3, -0.25) is 0 Å². The van der Waals surface area contributed by atoms with Crippen molar-refractivity contribution in [2.24, 2.45) is 0 Å². The molecular weight excluding hydrogens is 267 g/mol. The predicted molar refractivity (Wildman–Crippen MR) is 66.1 cm³/mol. The molecule has 0 radical (unpaired) electrons. The molecule has 0 saturated carbocycles. The fourth-order valence-electron chi connectivity index (χ4n) is 1.45. The Morgan fingerprint density at radius 1 is 1.50 bits per heavy atom. The lowest BCUT2D eigenvalue weighted by Gasteiger charge is -2.05. The molecule has 7 heteroatoms. The van der Waals surface area contributed by atoms with E-state index < -0.39 is 11.8 Å². The summed E-state index contributed by atoms with van der Waals surface area (Å²) < 4.78 is 23.7. The van der Waals surface area contributed by atoms with Crippen LogP contribution in [0.2, 0.25) is 0 Å². The molecule has 0 atom stereocenters. The van der Waals surface area contributed by atoms with E-state index in [1.165, 1.54) is 12.1 Å². The topological polar surface area (TPSA) is 85.5 Å². The summed E-state index contributed by atoms with van der Waals surface area (Å²) in [6, 6.07) is 3.40. The number of aromatic nitrogens is 2. The van der Waals surface area contributed by atoms with Gasteiger partial charge in [-0.1, -0.05) is 19.0 Å². The fraction of sp³-hybridized carbons (Fsp3) is 0.308. The SMILES string of the molecule is CC(C)c1noc(COc2ccc(C(=O)O)cc2F)n1. The number of carboxylic acid groups (broad SMARTS) is 1. The van der Waals surface area contributed by atoms with E-state index in [0.717, 1.165) is 6.07 Å². The molecule has 0 aliphatic heterocycles. The highest BCUT2D eigenvalue weighted by Gasteiger charge is 2.13. The lowest BCUT2D eigenvalue weighted by molar-refractivity contribution is 0.0696. The van der Waals surface area contributed by atoms with E-state index >= 15 is 0 Å². The first-order valence-electron chi connectivity index (χ1n) is 5.95. The van der Waals surface area contributed by atoms with Crippen LogP contribution < -0.4 is 4.74 Å². The van der Waals surface area contributed by atoms with E-state index in [2.05, 4.69) is 10.1 Å². The van der Waals surface area contributed by atoms with Crippen molar-refractivity contribution >= 4 is 5.97 Å². The molecule has 0 spiro atoms. The Balaban J connectivity index is 2.05. The maximum absolute atomic E-state index is 13.6. The van der Waals surface area contributed by atoms with Crippen molar-refractivity contribution in [2.45, 2.75) is 26.4 Å². The monoisotopic (exact) mass is 280 g/mol. The summed E-state index contributed by atoms with van der Waals surface area (Å²) in [4.78, 5) is 14.8. The number of benzene rings is 1. The lowest BCUT2D eigenvalue weighted by Crippen LogP contribution is -2.01. The van der Waals surface area contributed by atoms with E-state index in [-0.39, 0.29) is 29.7 Å². The quantitative estimate of drug-likeness (QED) is 0.906. The van der Waals surface area contributed by atoms with Crippen LogP contribution in [0.5, 0.6) is 5.75 Å². The van der Waals surface area contributed by atoms with Crippen LogP contribution in [0.25, 0.3) is 0 Å². The molecule has 1 aromatic heterocycles. The van der Waals surface area contributed by atoms with Crippen LogP contribution in [-0.4, -0.2) is 21.2 Å². The molecule has 0 aliphatic carbocycles. The number of carboxylic acids is 1. The van der Waals surface area contributed by atoms with Gasteiger partial charge in [-0.05, 0) is 18.2 Å². The summed E-state index contributed by atoms with van der Waals surface area (Å²) in [5.74, 6) is -1.12. The summed E-state index contributed by atoms with van der Waals surface area (Å²) in [5.41, 5.74) is -0.144. The van der Waals surface area contributed by atoms with Crippen molar-refractivity contribution in [3.63, 3.8) is 0 Å². The standard InChI is InChI=1S/C13H13FN2O4/c1-7(2)12-15-11(20-16-12)6-19-10-4-3-8(13(17)18)5-9(10)14/h3-5,7H,6H2,1-2H3,(H,17,18). The van der Waals surface area contributed by atoms with Crippen LogP contribution in [0.1, 0.15) is 41.8 Å². The van der Waals surface area contributed by atoms with Crippen LogP contribution in [0, 0.1) is 5.82 Å². The highest BCUT2D eigenvalue weighted by atomic mass is 19.1. The van der Waals surface area contributed by atoms with E-state index in [9.17, 15) is 9.18 Å². The number of ether oxygens (including phenoxy) is 1. The van der Waals surface area contributed by atoms with Crippen molar-refractivity contribution < 1.29 is 23.6 Å².